The Labute approximate surface area is 151 Å². The summed E-state index contributed by atoms with van der Waals surface area (Å²) in [4.78, 5) is 36.7. The van der Waals surface area contributed by atoms with E-state index in [9.17, 15) is 19.5 Å². The molecule has 0 aliphatic carbocycles. The highest BCUT2D eigenvalue weighted by Crippen LogP contribution is 2.30. The van der Waals surface area contributed by atoms with E-state index in [1.165, 1.54) is 4.90 Å². The smallest absolute Gasteiger partial charge is 0.317 e. The van der Waals surface area contributed by atoms with E-state index in [1.807, 2.05) is 6.92 Å². The van der Waals surface area contributed by atoms with Crippen LogP contribution in [0, 0.1) is 12.3 Å². The topological polar surface area (TPSA) is 98.7 Å². The Morgan fingerprint density at radius 3 is 2.72 bits per heavy atom. The number of anilines is 1. The number of halogens is 1. The summed E-state index contributed by atoms with van der Waals surface area (Å²) in [6.07, 6.45) is 0.534. The number of nitrogens with zero attached hydrogens (tertiary/aromatic N) is 1. The highest BCUT2D eigenvalue weighted by Gasteiger charge is 2.42. The Morgan fingerprint density at radius 1 is 1.36 bits per heavy atom. The van der Waals surface area contributed by atoms with Gasteiger partial charge in [0, 0.05) is 36.8 Å². The number of urea groups is 1. The second-order valence-corrected chi connectivity index (χ2v) is 6.89. The summed E-state index contributed by atoms with van der Waals surface area (Å²) in [7, 11) is 0. The van der Waals surface area contributed by atoms with Gasteiger partial charge in [-0.2, -0.15) is 0 Å². The van der Waals surface area contributed by atoms with Crippen molar-refractivity contribution in [3.63, 3.8) is 0 Å². The first-order chi connectivity index (χ1) is 11.7. The van der Waals surface area contributed by atoms with E-state index in [-0.39, 0.29) is 31.4 Å². The van der Waals surface area contributed by atoms with Gasteiger partial charge in [-0.3, -0.25) is 9.59 Å². The summed E-state index contributed by atoms with van der Waals surface area (Å²) < 4.78 is 0. The van der Waals surface area contributed by atoms with E-state index in [2.05, 4.69) is 10.6 Å². The molecular weight excluding hydrogens is 346 g/mol. The fourth-order valence-electron chi connectivity index (χ4n) is 2.66. The fourth-order valence-corrected chi connectivity index (χ4v) is 2.83. The zero-order chi connectivity index (χ0) is 18.6. The number of carbonyl (C=O) groups is 3. The molecule has 3 amide bonds. The molecule has 25 heavy (non-hydrogen) atoms. The Hall–Kier alpha value is -2.28. The average Bonchev–Trinajstić information content (AvgIpc) is 2.96. The van der Waals surface area contributed by atoms with E-state index >= 15 is 0 Å². The first-order valence-corrected chi connectivity index (χ1v) is 8.42. The molecule has 0 aromatic heterocycles. The molecule has 1 unspecified atom stereocenters. The molecule has 1 fully saturated rings. The molecule has 7 nitrogen and oxygen atoms in total. The van der Waals surface area contributed by atoms with Crippen LogP contribution in [-0.4, -0.2) is 47.5 Å². The first kappa shape index (κ1) is 19.1. The van der Waals surface area contributed by atoms with Gasteiger partial charge in [0.05, 0.1) is 5.41 Å². The van der Waals surface area contributed by atoms with Gasteiger partial charge in [0.2, 0.25) is 5.91 Å². The summed E-state index contributed by atoms with van der Waals surface area (Å²) in [5, 5.41) is 15.2. The van der Waals surface area contributed by atoms with Crippen LogP contribution < -0.4 is 10.6 Å². The van der Waals surface area contributed by atoms with Crippen LogP contribution in [-0.2, 0) is 9.59 Å². The van der Waals surface area contributed by atoms with Crippen molar-refractivity contribution in [3.8, 4) is 0 Å². The number of amides is 3. The van der Waals surface area contributed by atoms with Crippen LogP contribution in [0.1, 0.15) is 25.3 Å². The van der Waals surface area contributed by atoms with Crippen molar-refractivity contribution in [1.82, 2.24) is 10.2 Å². The molecule has 0 spiro atoms. The number of carbonyl (C=O) groups excluding carboxylic acids is 2. The van der Waals surface area contributed by atoms with Gasteiger partial charge in [-0.15, -0.1) is 0 Å². The highest BCUT2D eigenvalue weighted by molar-refractivity contribution is 6.31. The summed E-state index contributed by atoms with van der Waals surface area (Å²) in [6, 6.07) is 4.90. The number of aliphatic carboxylic acids is 1. The average molecular weight is 368 g/mol. The first-order valence-electron chi connectivity index (χ1n) is 8.04. The Morgan fingerprint density at radius 2 is 2.08 bits per heavy atom. The molecule has 1 aromatic rings. The number of likely N-dealkylation sites (tertiary alicyclic amines) is 1. The lowest BCUT2D eigenvalue weighted by Crippen LogP contribution is -2.41. The number of rotatable bonds is 5. The zero-order valence-electron chi connectivity index (χ0n) is 14.3. The number of carboxylic acid groups (broad SMARTS) is 1. The largest absolute Gasteiger partial charge is 0.481 e. The third kappa shape index (κ3) is 4.63. The zero-order valence-corrected chi connectivity index (χ0v) is 15.0. The molecule has 0 radical (unpaired) electrons. The fraction of sp³-hybridized carbons (Fsp3) is 0.471. The molecule has 8 heteroatoms. The molecular formula is C17H22ClN3O4. The van der Waals surface area contributed by atoms with Gasteiger partial charge in [-0.1, -0.05) is 17.7 Å². The van der Waals surface area contributed by atoms with Gasteiger partial charge in [-0.05, 0) is 38.0 Å². The van der Waals surface area contributed by atoms with Crippen molar-refractivity contribution < 1.29 is 19.5 Å². The third-order valence-electron chi connectivity index (χ3n) is 4.45. The SMILES string of the molecule is Cc1c(Cl)cccc1NC(=O)CCNC(=O)N1CCC(C)(C(=O)O)C1. The van der Waals surface area contributed by atoms with Crippen LogP contribution >= 0.6 is 11.6 Å². The van der Waals surface area contributed by atoms with E-state index in [0.29, 0.717) is 23.7 Å². The van der Waals surface area contributed by atoms with Crippen LogP contribution in [0.25, 0.3) is 0 Å². The van der Waals surface area contributed by atoms with Crippen LogP contribution in [0.3, 0.4) is 0 Å². The second kappa shape index (κ2) is 7.74. The van der Waals surface area contributed by atoms with Crippen molar-refractivity contribution in [2.24, 2.45) is 5.41 Å². The standard InChI is InChI=1S/C17H22ClN3O4/c1-11-12(18)4-3-5-13(11)20-14(22)6-8-19-16(25)21-9-7-17(2,10-21)15(23)24/h3-5H,6-10H2,1-2H3,(H,19,25)(H,20,22)(H,23,24). The maximum atomic E-state index is 12.1. The number of carboxylic acids is 1. The predicted octanol–water partition coefficient (Wildman–Crippen LogP) is 2.48. The molecule has 1 heterocycles. The van der Waals surface area contributed by atoms with Crippen molar-refractivity contribution >= 4 is 35.2 Å². The lowest BCUT2D eigenvalue weighted by molar-refractivity contribution is -0.147. The van der Waals surface area contributed by atoms with Crippen molar-refractivity contribution in [2.75, 3.05) is 25.0 Å². The van der Waals surface area contributed by atoms with E-state index < -0.39 is 11.4 Å². The van der Waals surface area contributed by atoms with Crippen LogP contribution in [0.15, 0.2) is 18.2 Å². The van der Waals surface area contributed by atoms with Crippen molar-refractivity contribution in [1.29, 1.82) is 0 Å². The molecule has 3 N–H and O–H groups in total. The molecule has 0 saturated carbocycles. The third-order valence-corrected chi connectivity index (χ3v) is 4.86. The predicted molar refractivity (Wildman–Crippen MR) is 94.8 cm³/mol. The minimum atomic E-state index is -0.904. The van der Waals surface area contributed by atoms with Gasteiger partial charge >= 0.3 is 12.0 Å². The minimum Gasteiger partial charge on any atom is -0.481 e. The summed E-state index contributed by atoms with van der Waals surface area (Å²) in [5.74, 6) is -1.14. The summed E-state index contributed by atoms with van der Waals surface area (Å²) >= 11 is 6.01. The van der Waals surface area contributed by atoms with Crippen LogP contribution in [0.2, 0.25) is 5.02 Å². The van der Waals surface area contributed by atoms with Crippen molar-refractivity contribution in [3.05, 3.63) is 28.8 Å². The molecule has 1 atom stereocenters. The Kier molecular flexibility index (Phi) is 5.89. The Bertz CT molecular complexity index is 694. The number of nitrogens with one attached hydrogen (secondary N) is 2. The molecule has 136 valence electrons. The summed E-state index contributed by atoms with van der Waals surface area (Å²) in [6.45, 7) is 4.17. The second-order valence-electron chi connectivity index (χ2n) is 6.48. The Balaban J connectivity index is 1.77. The lowest BCUT2D eigenvalue weighted by Gasteiger charge is -2.20. The highest BCUT2D eigenvalue weighted by atomic mass is 35.5. The summed E-state index contributed by atoms with van der Waals surface area (Å²) in [5.41, 5.74) is 0.519. The number of benzene rings is 1. The molecule has 1 aliphatic rings. The van der Waals surface area contributed by atoms with Crippen molar-refractivity contribution in [2.45, 2.75) is 26.7 Å². The molecule has 1 aromatic carbocycles. The number of hydrogen-bond acceptors (Lipinski definition) is 3. The van der Waals surface area contributed by atoms with Gasteiger partial charge in [0.1, 0.15) is 0 Å². The normalized spacial score (nSPS) is 19.6. The molecule has 2 rings (SSSR count). The molecule has 1 aliphatic heterocycles. The van der Waals surface area contributed by atoms with E-state index in [0.717, 1.165) is 5.56 Å². The van der Waals surface area contributed by atoms with Crippen LogP contribution in [0.4, 0.5) is 10.5 Å². The molecule has 0 bridgehead atoms. The van der Waals surface area contributed by atoms with Crippen LogP contribution in [0.5, 0.6) is 0 Å². The maximum absolute atomic E-state index is 12.1. The monoisotopic (exact) mass is 367 g/mol. The van der Waals surface area contributed by atoms with Gasteiger partial charge in [0.15, 0.2) is 0 Å². The van der Waals surface area contributed by atoms with E-state index in [4.69, 9.17) is 11.6 Å². The van der Waals surface area contributed by atoms with E-state index in [1.54, 1.807) is 25.1 Å². The maximum Gasteiger partial charge on any atom is 0.317 e. The number of hydrogen-bond donors (Lipinski definition) is 3. The minimum absolute atomic E-state index is 0.113. The van der Waals surface area contributed by atoms with Gasteiger partial charge in [0.25, 0.3) is 0 Å². The van der Waals surface area contributed by atoms with Gasteiger partial charge in [-0.25, -0.2) is 4.79 Å². The molecule has 1 saturated heterocycles. The quantitative estimate of drug-likeness (QED) is 0.744. The lowest BCUT2D eigenvalue weighted by atomic mass is 9.90. The van der Waals surface area contributed by atoms with Gasteiger partial charge < -0.3 is 20.6 Å².